The summed E-state index contributed by atoms with van der Waals surface area (Å²) in [4.78, 5) is 0. The Morgan fingerprint density at radius 2 is 1.85 bits per heavy atom. The fourth-order valence-electron chi connectivity index (χ4n) is 1.20. The SMILES string of the molecule is N#CCCC(C#N)c1ccccc1. The second-order valence-electron chi connectivity index (χ2n) is 2.79. The van der Waals surface area contributed by atoms with E-state index in [0.29, 0.717) is 12.8 Å². The lowest BCUT2D eigenvalue weighted by atomic mass is 9.96. The molecule has 1 rings (SSSR count). The van der Waals surface area contributed by atoms with Crippen LogP contribution in [-0.2, 0) is 0 Å². The number of rotatable bonds is 3. The van der Waals surface area contributed by atoms with Gasteiger partial charge >= 0.3 is 0 Å². The number of hydrogen-bond acceptors (Lipinski definition) is 2. The van der Waals surface area contributed by atoms with Crippen LogP contribution in [0.25, 0.3) is 0 Å². The molecule has 0 aliphatic carbocycles. The number of hydrogen-bond donors (Lipinski definition) is 0. The lowest BCUT2D eigenvalue weighted by Gasteiger charge is -2.05. The summed E-state index contributed by atoms with van der Waals surface area (Å²) in [6.07, 6.45) is 1.06. The summed E-state index contributed by atoms with van der Waals surface area (Å²) in [7, 11) is 0. The number of benzene rings is 1. The molecular weight excluding hydrogens is 160 g/mol. The Kier molecular flexibility index (Phi) is 3.54. The molecule has 0 aromatic heterocycles. The summed E-state index contributed by atoms with van der Waals surface area (Å²) < 4.78 is 0. The Labute approximate surface area is 78.0 Å². The standard InChI is InChI=1S/C11H10N2/c12-8-4-7-11(9-13)10-5-2-1-3-6-10/h1-3,5-6,11H,4,7H2. The van der Waals surface area contributed by atoms with E-state index in [1.54, 1.807) is 0 Å². The Morgan fingerprint density at radius 1 is 1.15 bits per heavy atom. The van der Waals surface area contributed by atoms with E-state index >= 15 is 0 Å². The molecule has 0 aliphatic heterocycles. The first-order valence-electron chi connectivity index (χ1n) is 4.20. The van der Waals surface area contributed by atoms with Crippen molar-refractivity contribution in [2.24, 2.45) is 0 Å². The first-order chi connectivity index (χ1) is 6.38. The van der Waals surface area contributed by atoms with Crippen molar-refractivity contribution in [3.63, 3.8) is 0 Å². The van der Waals surface area contributed by atoms with Crippen molar-refractivity contribution in [1.29, 1.82) is 10.5 Å². The second kappa shape index (κ2) is 4.95. The molecule has 0 spiro atoms. The van der Waals surface area contributed by atoms with Gasteiger partial charge in [0, 0.05) is 6.42 Å². The van der Waals surface area contributed by atoms with Crippen molar-refractivity contribution in [3.8, 4) is 12.1 Å². The van der Waals surface area contributed by atoms with Crippen LogP contribution in [-0.4, -0.2) is 0 Å². The molecule has 0 radical (unpaired) electrons. The second-order valence-corrected chi connectivity index (χ2v) is 2.79. The molecule has 0 saturated carbocycles. The van der Waals surface area contributed by atoms with E-state index in [4.69, 9.17) is 10.5 Å². The van der Waals surface area contributed by atoms with Gasteiger partial charge in [0.1, 0.15) is 0 Å². The smallest absolute Gasteiger partial charge is 0.0722 e. The van der Waals surface area contributed by atoms with E-state index < -0.39 is 0 Å². The summed E-state index contributed by atoms with van der Waals surface area (Å²) >= 11 is 0. The van der Waals surface area contributed by atoms with Gasteiger partial charge in [-0.15, -0.1) is 0 Å². The predicted octanol–water partition coefficient (Wildman–Crippen LogP) is 2.60. The van der Waals surface area contributed by atoms with Crippen molar-refractivity contribution in [3.05, 3.63) is 35.9 Å². The molecule has 1 atom stereocenters. The maximum absolute atomic E-state index is 8.85. The van der Waals surface area contributed by atoms with E-state index in [-0.39, 0.29) is 5.92 Å². The van der Waals surface area contributed by atoms with Crippen LogP contribution < -0.4 is 0 Å². The van der Waals surface area contributed by atoms with Gasteiger partial charge in [0.15, 0.2) is 0 Å². The minimum Gasteiger partial charge on any atom is -0.198 e. The molecule has 0 aliphatic rings. The van der Waals surface area contributed by atoms with Gasteiger partial charge in [0.2, 0.25) is 0 Å². The normalized spacial score (nSPS) is 11.2. The van der Waals surface area contributed by atoms with Crippen LogP contribution in [0.5, 0.6) is 0 Å². The van der Waals surface area contributed by atoms with Gasteiger partial charge in [-0.2, -0.15) is 10.5 Å². The molecule has 1 aromatic carbocycles. The molecule has 13 heavy (non-hydrogen) atoms. The molecule has 1 aromatic rings. The minimum atomic E-state index is -0.138. The maximum Gasteiger partial charge on any atom is 0.0722 e. The third-order valence-corrected chi connectivity index (χ3v) is 1.90. The average Bonchev–Trinajstić information content (AvgIpc) is 2.21. The first-order valence-corrected chi connectivity index (χ1v) is 4.20. The fraction of sp³-hybridized carbons (Fsp3) is 0.273. The molecule has 2 heteroatoms. The minimum absolute atomic E-state index is 0.138. The summed E-state index contributed by atoms with van der Waals surface area (Å²) in [6, 6.07) is 13.8. The highest BCUT2D eigenvalue weighted by Crippen LogP contribution is 2.19. The summed E-state index contributed by atoms with van der Waals surface area (Å²) in [5.74, 6) is -0.138. The fourth-order valence-corrected chi connectivity index (χ4v) is 1.20. The van der Waals surface area contributed by atoms with E-state index in [1.807, 2.05) is 30.3 Å². The Balaban J connectivity index is 2.70. The van der Waals surface area contributed by atoms with Gasteiger partial charge in [-0.05, 0) is 12.0 Å². The first kappa shape index (κ1) is 9.29. The Morgan fingerprint density at radius 3 is 2.38 bits per heavy atom. The van der Waals surface area contributed by atoms with E-state index in [1.165, 1.54) is 0 Å². The molecular formula is C11H10N2. The van der Waals surface area contributed by atoms with Crippen LogP contribution in [0.1, 0.15) is 24.3 Å². The lowest BCUT2D eigenvalue weighted by molar-refractivity contribution is 0.768. The van der Waals surface area contributed by atoms with E-state index in [2.05, 4.69) is 12.1 Å². The summed E-state index contributed by atoms with van der Waals surface area (Å²) in [5, 5.41) is 17.2. The quantitative estimate of drug-likeness (QED) is 0.700. The highest BCUT2D eigenvalue weighted by Gasteiger charge is 2.08. The van der Waals surface area contributed by atoms with Gasteiger partial charge in [0.25, 0.3) is 0 Å². The third-order valence-electron chi connectivity index (χ3n) is 1.90. The average molecular weight is 170 g/mol. The maximum atomic E-state index is 8.85. The van der Waals surface area contributed by atoms with Crippen LogP contribution in [0.4, 0.5) is 0 Å². The summed E-state index contributed by atoms with van der Waals surface area (Å²) in [5.41, 5.74) is 1.00. The van der Waals surface area contributed by atoms with Crippen LogP contribution in [0.15, 0.2) is 30.3 Å². The molecule has 0 fully saturated rings. The highest BCUT2D eigenvalue weighted by atomic mass is 14.3. The number of nitriles is 2. The Bertz CT molecular complexity index is 329. The predicted molar refractivity (Wildman–Crippen MR) is 49.6 cm³/mol. The van der Waals surface area contributed by atoms with Crippen molar-refractivity contribution < 1.29 is 0 Å². The van der Waals surface area contributed by atoms with Gasteiger partial charge < -0.3 is 0 Å². The van der Waals surface area contributed by atoms with Gasteiger partial charge in [-0.25, -0.2) is 0 Å². The zero-order chi connectivity index (χ0) is 9.52. The molecule has 64 valence electrons. The van der Waals surface area contributed by atoms with E-state index in [9.17, 15) is 0 Å². The molecule has 2 nitrogen and oxygen atoms in total. The lowest BCUT2D eigenvalue weighted by Crippen LogP contribution is -1.94. The van der Waals surface area contributed by atoms with E-state index in [0.717, 1.165) is 5.56 Å². The molecule has 0 heterocycles. The van der Waals surface area contributed by atoms with Gasteiger partial charge in [0.05, 0.1) is 18.1 Å². The zero-order valence-electron chi connectivity index (χ0n) is 7.27. The highest BCUT2D eigenvalue weighted by molar-refractivity contribution is 5.24. The van der Waals surface area contributed by atoms with Crippen LogP contribution in [0.3, 0.4) is 0 Å². The monoisotopic (exact) mass is 170 g/mol. The van der Waals surface area contributed by atoms with Gasteiger partial charge in [-0.1, -0.05) is 30.3 Å². The molecule has 0 bridgehead atoms. The number of nitrogens with zero attached hydrogens (tertiary/aromatic N) is 2. The van der Waals surface area contributed by atoms with Crippen molar-refractivity contribution in [2.45, 2.75) is 18.8 Å². The molecule has 0 saturated heterocycles. The molecule has 0 N–H and O–H groups in total. The summed E-state index contributed by atoms with van der Waals surface area (Å²) in [6.45, 7) is 0. The Hall–Kier alpha value is -1.80. The van der Waals surface area contributed by atoms with Crippen LogP contribution >= 0.6 is 0 Å². The van der Waals surface area contributed by atoms with Crippen molar-refractivity contribution in [2.75, 3.05) is 0 Å². The van der Waals surface area contributed by atoms with Crippen molar-refractivity contribution >= 4 is 0 Å². The molecule has 0 amide bonds. The van der Waals surface area contributed by atoms with Crippen molar-refractivity contribution in [1.82, 2.24) is 0 Å². The van der Waals surface area contributed by atoms with Gasteiger partial charge in [-0.3, -0.25) is 0 Å². The topological polar surface area (TPSA) is 47.6 Å². The third kappa shape index (κ3) is 2.61. The van der Waals surface area contributed by atoms with Crippen LogP contribution in [0.2, 0.25) is 0 Å². The zero-order valence-corrected chi connectivity index (χ0v) is 7.27. The largest absolute Gasteiger partial charge is 0.198 e. The molecule has 1 unspecified atom stereocenters. The van der Waals surface area contributed by atoms with Crippen LogP contribution in [0, 0.1) is 22.7 Å².